The number of rotatable bonds is 3. The summed E-state index contributed by atoms with van der Waals surface area (Å²) in [6.07, 6.45) is -4.84. The molecule has 5 nitrogen and oxygen atoms in total. The fraction of sp³-hybridized carbons (Fsp3) is 0.667. The summed E-state index contributed by atoms with van der Waals surface area (Å²) in [6, 6.07) is 0. The van der Waals surface area contributed by atoms with E-state index in [2.05, 4.69) is 15.6 Å². The summed E-state index contributed by atoms with van der Waals surface area (Å²) in [4.78, 5) is 16.0. The Hall–Kier alpha value is -1.57. The van der Waals surface area contributed by atoms with Crippen molar-refractivity contribution in [1.29, 1.82) is 0 Å². The highest BCUT2D eigenvalue weighted by Crippen LogP contribution is 2.43. The van der Waals surface area contributed by atoms with Gasteiger partial charge in [0.25, 0.3) is 0 Å². The highest BCUT2D eigenvalue weighted by atomic mass is 19.4. The number of aryl methyl sites for hydroxylation is 2. The van der Waals surface area contributed by atoms with Gasteiger partial charge in [0.05, 0.1) is 12.2 Å². The molecule has 1 fully saturated rings. The second-order valence-corrected chi connectivity index (χ2v) is 4.94. The van der Waals surface area contributed by atoms with Crippen molar-refractivity contribution < 1.29 is 22.4 Å². The quantitative estimate of drug-likeness (QED) is 0.884. The van der Waals surface area contributed by atoms with Gasteiger partial charge >= 0.3 is 6.18 Å². The number of amides is 1. The van der Waals surface area contributed by atoms with Crippen LogP contribution >= 0.6 is 0 Å². The molecule has 0 aliphatic carbocycles. The minimum absolute atomic E-state index is 0.147. The number of hydrogen-bond donors (Lipinski definition) is 2. The Kier molecular flexibility index (Phi) is 3.77. The first kappa shape index (κ1) is 14.8. The van der Waals surface area contributed by atoms with Crippen molar-refractivity contribution >= 4 is 5.91 Å². The van der Waals surface area contributed by atoms with Gasteiger partial charge < -0.3 is 15.1 Å². The third kappa shape index (κ3) is 2.52. The van der Waals surface area contributed by atoms with Crippen molar-refractivity contribution in [3.05, 3.63) is 17.3 Å². The minimum atomic E-state index is -4.58. The molecule has 1 aliphatic heterocycles. The van der Waals surface area contributed by atoms with Gasteiger partial charge in [-0.05, 0) is 26.8 Å². The number of hydrogen-bond acceptors (Lipinski definition) is 4. The second kappa shape index (κ2) is 5.08. The molecule has 0 bridgehead atoms. The van der Waals surface area contributed by atoms with E-state index in [1.54, 1.807) is 13.8 Å². The molecule has 1 amide bonds. The van der Waals surface area contributed by atoms with E-state index in [1.165, 1.54) is 0 Å². The third-order valence-electron chi connectivity index (χ3n) is 3.61. The maximum Gasteiger partial charge on any atom is 0.404 e. The zero-order chi connectivity index (χ0) is 15.0. The lowest BCUT2D eigenvalue weighted by Gasteiger charge is -2.29. The van der Waals surface area contributed by atoms with Crippen LogP contribution in [0.2, 0.25) is 0 Å². The van der Waals surface area contributed by atoms with Crippen LogP contribution in [0, 0.1) is 19.3 Å². The van der Waals surface area contributed by atoms with Crippen molar-refractivity contribution in [1.82, 2.24) is 15.6 Å². The zero-order valence-electron chi connectivity index (χ0n) is 11.2. The predicted molar refractivity (Wildman–Crippen MR) is 63.8 cm³/mol. The van der Waals surface area contributed by atoms with Gasteiger partial charge in [-0.25, -0.2) is 4.98 Å². The largest absolute Gasteiger partial charge is 0.444 e. The van der Waals surface area contributed by atoms with Gasteiger partial charge in [0.2, 0.25) is 11.8 Å². The van der Waals surface area contributed by atoms with E-state index in [-0.39, 0.29) is 25.4 Å². The van der Waals surface area contributed by atoms with Crippen LogP contribution in [0.3, 0.4) is 0 Å². The van der Waals surface area contributed by atoms with Crippen LogP contribution in [0.1, 0.15) is 23.8 Å². The van der Waals surface area contributed by atoms with Crippen LogP contribution in [-0.4, -0.2) is 30.2 Å². The van der Waals surface area contributed by atoms with Gasteiger partial charge in [0, 0.05) is 6.54 Å². The summed E-state index contributed by atoms with van der Waals surface area (Å²) in [6.45, 7) is 3.05. The Labute approximate surface area is 113 Å². The number of alkyl halides is 3. The Balaban J connectivity index is 2.06. The Morgan fingerprint density at radius 2 is 2.20 bits per heavy atom. The fourth-order valence-corrected chi connectivity index (χ4v) is 2.20. The molecule has 2 N–H and O–H groups in total. The Morgan fingerprint density at radius 1 is 1.50 bits per heavy atom. The SMILES string of the molecule is Cc1nc(CNC(=O)C2(C(F)(F)F)CCNC2)oc1C. The topological polar surface area (TPSA) is 67.2 Å². The summed E-state index contributed by atoms with van der Waals surface area (Å²) >= 11 is 0. The number of oxazole rings is 1. The van der Waals surface area contributed by atoms with E-state index in [0.717, 1.165) is 0 Å². The van der Waals surface area contributed by atoms with Crippen molar-refractivity contribution in [3.8, 4) is 0 Å². The standard InChI is InChI=1S/C12H16F3N3O2/c1-7-8(2)20-9(18-7)5-17-10(19)11(12(13,14)15)3-4-16-6-11/h16H,3-6H2,1-2H3,(H,17,19). The summed E-state index contributed by atoms with van der Waals surface area (Å²) < 4.78 is 44.6. The zero-order valence-corrected chi connectivity index (χ0v) is 11.2. The maximum absolute atomic E-state index is 13.1. The minimum Gasteiger partial charge on any atom is -0.444 e. The number of halogens is 3. The Morgan fingerprint density at radius 3 is 2.65 bits per heavy atom. The molecule has 1 aromatic rings. The highest BCUT2D eigenvalue weighted by molar-refractivity contribution is 5.84. The molecule has 2 rings (SSSR count). The van der Waals surface area contributed by atoms with Gasteiger partial charge in [-0.3, -0.25) is 4.79 Å². The van der Waals surface area contributed by atoms with Gasteiger partial charge in [-0.1, -0.05) is 0 Å². The van der Waals surface area contributed by atoms with Gasteiger partial charge in [-0.15, -0.1) is 0 Å². The van der Waals surface area contributed by atoms with Gasteiger partial charge in [-0.2, -0.15) is 13.2 Å². The first-order valence-corrected chi connectivity index (χ1v) is 6.25. The van der Waals surface area contributed by atoms with E-state index >= 15 is 0 Å². The van der Waals surface area contributed by atoms with E-state index in [9.17, 15) is 18.0 Å². The maximum atomic E-state index is 13.1. The molecule has 112 valence electrons. The molecule has 1 saturated heterocycles. The molecule has 8 heteroatoms. The lowest BCUT2D eigenvalue weighted by molar-refractivity contribution is -0.216. The molecule has 0 radical (unpaired) electrons. The predicted octanol–water partition coefficient (Wildman–Crippen LogP) is 1.45. The van der Waals surface area contributed by atoms with Crippen LogP contribution in [-0.2, 0) is 11.3 Å². The van der Waals surface area contributed by atoms with Crippen molar-refractivity contribution in [2.75, 3.05) is 13.1 Å². The van der Waals surface area contributed by atoms with Crippen molar-refractivity contribution in [3.63, 3.8) is 0 Å². The summed E-state index contributed by atoms with van der Waals surface area (Å²) in [7, 11) is 0. The molecule has 2 heterocycles. The summed E-state index contributed by atoms with van der Waals surface area (Å²) in [5.74, 6) is -0.248. The van der Waals surface area contributed by atoms with Gasteiger partial charge in [0.15, 0.2) is 5.41 Å². The van der Waals surface area contributed by atoms with E-state index in [0.29, 0.717) is 11.5 Å². The monoisotopic (exact) mass is 291 g/mol. The number of carbonyl (C=O) groups is 1. The molecule has 0 spiro atoms. The van der Waals surface area contributed by atoms with Gasteiger partial charge in [0.1, 0.15) is 5.76 Å². The molecule has 1 unspecified atom stereocenters. The van der Waals surface area contributed by atoms with E-state index < -0.39 is 24.0 Å². The summed E-state index contributed by atoms with van der Waals surface area (Å²) in [5, 5.41) is 4.87. The molecule has 1 aliphatic rings. The van der Waals surface area contributed by atoms with Crippen molar-refractivity contribution in [2.45, 2.75) is 33.0 Å². The molecule has 1 atom stereocenters. The number of carbonyl (C=O) groups excluding carboxylic acids is 1. The first-order valence-electron chi connectivity index (χ1n) is 6.25. The fourth-order valence-electron chi connectivity index (χ4n) is 2.20. The average molecular weight is 291 g/mol. The smallest absolute Gasteiger partial charge is 0.404 e. The average Bonchev–Trinajstić information content (AvgIpc) is 2.94. The lowest BCUT2D eigenvalue weighted by Crippen LogP contribution is -2.52. The molecule has 0 saturated carbocycles. The van der Waals surface area contributed by atoms with Crippen LogP contribution in [0.4, 0.5) is 13.2 Å². The molecular formula is C12H16F3N3O2. The van der Waals surface area contributed by atoms with E-state index in [1.807, 2.05) is 0 Å². The van der Waals surface area contributed by atoms with Crippen LogP contribution < -0.4 is 10.6 Å². The molecule has 20 heavy (non-hydrogen) atoms. The van der Waals surface area contributed by atoms with E-state index in [4.69, 9.17) is 4.42 Å². The Bertz CT molecular complexity index is 485. The summed E-state index contributed by atoms with van der Waals surface area (Å²) in [5.41, 5.74) is -1.70. The highest BCUT2D eigenvalue weighted by Gasteiger charge is 2.61. The van der Waals surface area contributed by atoms with Crippen LogP contribution in [0.25, 0.3) is 0 Å². The van der Waals surface area contributed by atoms with Crippen LogP contribution in [0.5, 0.6) is 0 Å². The molecule has 1 aromatic heterocycles. The number of nitrogens with one attached hydrogen (secondary N) is 2. The van der Waals surface area contributed by atoms with Crippen molar-refractivity contribution in [2.24, 2.45) is 5.41 Å². The molecule has 0 aromatic carbocycles. The second-order valence-electron chi connectivity index (χ2n) is 4.94. The lowest BCUT2D eigenvalue weighted by atomic mass is 9.85. The first-order chi connectivity index (χ1) is 9.26. The normalized spacial score (nSPS) is 23.1. The molecular weight excluding hydrogens is 275 g/mol. The number of nitrogens with zero attached hydrogens (tertiary/aromatic N) is 1. The number of aromatic nitrogens is 1. The third-order valence-corrected chi connectivity index (χ3v) is 3.61. The van der Waals surface area contributed by atoms with Crippen LogP contribution in [0.15, 0.2) is 4.42 Å².